The number of benzene rings is 1. The van der Waals surface area contributed by atoms with Gasteiger partial charge in [0.2, 0.25) is 0 Å². The minimum atomic E-state index is -0.347. The maximum absolute atomic E-state index is 10.9. The van der Waals surface area contributed by atoms with Crippen LogP contribution in [0.1, 0.15) is 20.9 Å². The van der Waals surface area contributed by atoms with Crippen LogP contribution in [0.15, 0.2) is 24.3 Å². The highest BCUT2D eigenvalue weighted by Crippen LogP contribution is 2.24. The van der Waals surface area contributed by atoms with E-state index in [1.807, 2.05) is 6.07 Å². The average molecular weight is 276 g/mol. The van der Waals surface area contributed by atoms with Gasteiger partial charge in [-0.15, -0.1) is 11.3 Å². The molecule has 0 saturated carbocycles. The number of aryl methyl sites for hydroxylation is 3. The van der Waals surface area contributed by atoms with Gasteiger partial charge in [-0.3, -0.25) is 10.1 Å². The second-order valence-electron chi connectivity index (χ2n) is 4.55. The zero-order chi connectivity index (χ0) is 14.0. The third-order valence-corrected chi connectivity index (χ3v) is 4.04. The molecule has 0 bridgehead atoms. The van der Waals surface area contributed by atoms with Gasteiger partial charge in [-0.1, -0.05) is 6.07 Å². The number of nitro groups is 1. The lowest BCUT2D eigenvalue weighted by molar-refractivity contribution is -0.385. The summed E-state index contributed by atoms with van der Waals surface area (Å²) >= 11 is 1.77. The maximum atomic E-state index is 10.9. The number of nitro benzene ring substituents is 1. The van der Waals surface area contributed by atoms with Crippen molar-refractivity contribution in [3.05, 3.63) is 55.3 Å². The fourth-order valence-corrected chi connectivity index (χ4v) is 2.92. The number of nitrogens with zero attached hydrogens (tertiary/aromatic N) is 1. The quantitative estimate of drug-likeness (QED) is 0.672. The molecule has 1 N–H and O–H groups in total. The molecule has 0 fully saturated rings. The Morgan fingerprint density at radius 3 is 2.58 bits per heavy atom. The van der Waals surface area contributed by atoms with Crippen LogP contribution in [0, 0.1) is 30.9 Å². The van der Waals surface area contributed by atoms with Gasteiger partial charge >= 0.3 is 0 Å². The van der Waals surface area contributed by atoms with Gasteiger partial charge in [0.15, 0.2) is 0 Å². The van der Waals surface area contributed by atoms with Crippen molar-refractivity contribution in [2.45, 2.75) is 27.3 Å². The van der Waals surface area contributed by atoms with E-state index < -0.39 is 0 Å². The van der Waals surface area contributed by atoms with Crippen LogP contribution < -0.4 is 5.32 Å². The smallest absolute Gasteiger partial charge is 0.274 e. The van der Waals surface area contributed by atoms with E-state index in [0.717, 1.165) is 5.69 Å². The predicted molar refractivity (Wildman–Crippen MR) is 79.0 cm³/mol. The molecule has 19 heavy (non-hydrogen) atoms. The highest BCUT2D eigenvalue weighted by Gasteiger charge is 2.11. The first-order valence-electron chi connectivity index (χ1n) is 6.02. The first kappa shape index (κ1) is 13.5. The highest BCUT2D eigenvalue weighted by molar-refractivity contribution is 7.12. The van der Waals surface area contributed by atoms with E-state index in [9.17, 15) is 10.1 Å². The summed E-state index contributed by atoms with van der Waals surface area (Å²) in [5.74, 6) is 0. The summed E-state index contributed by atoms with van der Waals surface area (Å²) in [5, 5.41) is 14.1. The molecule has 0 amide bonds. The molecular formula is C14H16N2O2S. The number of anilines is 1. The Labute approximate surface area is 116 Å². The molecule has 5 heteroatoms. The minimum absolute atomic E-state index is 0.156. The van der Waals surface area contributed by atoms with Crippen molar-refractivity contribution in [2.24, 2.45) is 0 Å². The van der Waals surface area contributed by atoms with E-state index in [0.29, 0.717) is 12.1 Å². The molecule has 1 aromatic heterocycles. The Bertz CT molecular complexity index is 620. The van der Waals surface area contributed by atoms with Crippen LogP contribution in [0.4, 0.5) is 11.4 Å². The number of thiophene rings is 1. The van der Waals surface area contributed by atoms with Crippen molar-refractivity contribution >= 4 is 22.7 Å². The molecule has 0 aliphatic rings. The van der Waals surface area contributed by atoms with Gasteiger partial charge < -0.3 is 5.32 Å². The Morgan fingerprint density at radius 1 is 1.26 bits per heavy atom. The third kappa shape index (κ3) is 3.12. The number of rotatable bonds is 4. The molecule has 0 aliphatic heterocycles. The van der Waals surface area contributed by atoms with Crippen LogP contribution in [0.3, 0.4) is 0 Å². The first-order chi connectivity index (χ1) is 8.97. The maximum Gasteiger partial charge on any atom is 0.274 e. The van der Waals surface area contributed by atoms with Crippen molar-refractivity contribution in [2.75, 3.05) is 5.32 Å². The Morgan fingerprint density at radius 2 is 2.00 bits per heavy atom. The van der Waals surface area contributed by atoms with E-state index in [1.54, 1.807) is 30.4 Å². The van der Waals surface area contributed by atoms with Crippen molar-refractivity contribution in [3.63, 3.8) is 0 Å². The lowest BCUT2D eigenvalue weighted by Crippen LogP contribution is -2.01. The van der Waals surface area contributed by atoms with E-state index in [-0.39, 0.29) is 10.6 Å². The van der Waals surface area contributed by atoms with E-state index in [2.05, 4.69) is 25.2 Å². The van der Waals surface area contributed by atoms with E-state index in [4.69, 9.17) is 0 Å². The van der Waals surface area contributed by atoms with Crippen molar-refractivity contribution in [1.82, 2.24) is 0 Å². The minimum Gasteiger partial charge on any atom is -0.381 e. The van der Waals surface area contributed by atoms with Gasteiger partial charge in [0, 0.05) is 33.6 Å². The molecule has 0 atom stereocenters. The zero-order valence-corrected chi connectivity index (χ0v) is 12.0. The summed E-state index contributed by atoms with van der Waals surface area (Å²) in [4.78, 5) is 13.1. The third-order valence-electron chi connectivity index (χ3n) is 3.03. The van der Waals surface area contributed by atoms with Crippen LogP contribution in [0.2, 0.25) is 0 Å². The fraction of sp³-hybridized carbons (Fsp3) is 0.286. The van der Waals surface area contributed by atoms with Crippen molar-refractivity contribution in [1.29, 1.82) is 0 Å². The Balaban J connectivity index is 2.14. The van der Waals surface area contributed by atoms with E-state index >= 15 is 0 Å². The Kier molecular flexibility index (Phi) is 3.85. The topological polar surface area (TPSA) is 55.2 Å². The van der Waals surface area contributed by atoms with Crippen molar-refractivity contribution in [3.8, 4) is 0 Å². The zero-order valence-electron chi connectivity index (χ0n) is 11.2. The van der Waals surface area contributed by atoms with E-state index in [1.165, 1.54) is 15.3 Å². The van der Waals surface area contributed by atoms with Crippen LogP contribution in [0.5, 0.6) is 0 Å². The molecular weight excluding hydrogens is 260 g/mol. The van der Waals surface area contributed by atoms with Gasteiger partial charge in [-0.2, -0.15) is 0 Å². The van der Waals surface area contributed by atoms with Gasteiger partial charge in [-0.05, 0) is 38.5 Å². The molecule has 1 aromatic carbocycles. The van der Waals surface area contributed by atoms with Crippen LogP contribution in [-0.4, -0.2) is 4.92 Å². The molecule has 0 unspecified atom stereocenters. The van der Waals surface area contributed by atoms with Gasteiger partial charge in [-0.25, -0.2) is 0 Å². The SMILES string of the molecule is Cc1cc(CNc2ccc(C)c([N+](=O)[O-])c2)c(C)s1. The molecule has 0 spiro atoms. The molecule has 1 heterocycles. The van der Waals surface area contributed by atoms with Crippen LogP contribution in [-0.2, 0) is 6.54 Å². The molecule has 4 nitrogen and oxygen atoms in total. The standard InChI is InChI=1S/C14H16N2O2S/c1-9-4-5-13(7-14(9)16(17)18)15-8-12-6-10(2)19-11(12)3/h4-7,15H,8H2,1-3H3. The summed E-state index contributed by atoms with van der Waals surface area (Å²) in [6.07, 6.45) is 0. The van der Waals surface area contributed by atoms with Crippen LogP contribution in [0.25, 0.3) is 0 Å². The largest absolute Gasteiger partial charge is 0.381 e. The summed E-state index contributed by atoms with van der Waals surface area (Å²) < 4.78 is 0. The number of hydrogen-bond acceptors (Lipinski definition) is 4. The summed E-state index contributed by atoms with van der Waals surface area (Å²) in [6.45, 7) is 6.61. The van der Waals surface area contributed by atoms with Gasteiger partial charge in [0.1, 0.15) is 0 Å². The van der Waals surface area contributed by atoms with Gasteiger partial charge in [0.05, 0.1) is 4.92 Å². The monoisotopic (exact) mass is 276 g/mol. The normalized spacial score (nSPS) is 10.5. The van der Waals surface area contributed by atoms with Crippen LogP contribution >= 0.6 is 11.3 Å². The lowest BCUT2D eigenvalue weighted by Gasteiger charge is -2.07. The van der Waals surface area contributed by atoms with Crippen molar-refractivity contribution < 1.29 is 4.92 Å². The lowest BCUT2D eigenvalue weighted by atomic mass is 10.1. The molecule has 0 aliphatic carbocycles. The number of hydrogen-bond donors (Lipinski definition) is 1. The second kappa shape index (κ2) is 5.40. The fourth-order valence-electron chi connectivity index (χ4n) is 1.97. The molecule has 2 aromatic rings. The second-order valence-corrected chi connectivity index (χ2v) is 6.01. The Hall–Kier alpha value is -1.88. The summed E-state index contributed by atoms with van der Waals surface area (Å²) in [5.41, 5.74) is 2.85. The molecule has 0 saturated heterocycles. The number of nitrogens with one attached hydrogen (secondary N) is 1. The summed E-state index contributed by atoms with van der Waals surface area (Å²) in [7, 11) is 0. The summed E-state index contributed by atoms with van der Waals surface area (Å²) in [6, 6.07) is 7.38. The molecule has 100 valence electrons. The first-order valence-corrected chi connectivity index (χ1v) is 6.84. The highest BCUT2D eigenvalue weighted by atomic mass is 32.1. The predicted octanol–water partition coefficient (Wildman–Crippen LogP) is 4.19. The average Bonchev–Trinajstić information content (AvgIpc) is 2.66. The molecule has 0 radical (unpaired) electrons. The molecule has 2 rings (SSSR count). The van der Waals surface area contributed by atoms with Gasteiger partial charge in [0.25, 0.3) is 5.69 Å².